The van der Waals surface area contributed by atoms with Gasteiger partial charge in [0.1, 0.15) is 12.1 Å². The molecule has 0 spiro atoms. The number of hydrogen-bond donors (Lipinski definition) is 0. The molecular weight excluding hydrogens is 316 g/mol. The van der Waals surface area contributed by atoms with Gasteiger partial charge in [-0.05, 0) is 29.4 Å². The summed E-state index contributed by atoms with van der Waals surface area (Å²) >= 11 is 0. The van der Waals surface area contributed by atoms with Crippen molar-refractivity contribution in [2.75, 3.05) is 0 Å². The fraction of sp³-hybridized carbons (Fsp3) is 0.417. The summed E-state index contributed by atoms with van der Waals surface area (Å²) in [5, 5.41) is 0. The summed E-state index contributed by atoms with van der Waals surface area (Å²) in [6.07, 6.45) is 2.49. The average Bonchev–Trinajstić information content (AvgIpc) is 3.01. The normalized spacial score (nSPS) is 34.2. The maximum absolute atomic E-state index is 5.41. The number of benzene rings is 2. The van der Waals surface area contributed by atoms with E-state index in [1.54, 1.807) is 0 Å². The highest BCUT2D eigenvalue weighted by molar-refractivity contribution is 6.48. The van der Waals surface area contributed by atoms with Crippen LogP contribution in [-0.2, 0) is 0 Å². The van der Waals surface area contributed by atoms with Crippen LogP contribution in [0.25, 0.3) is 0 Å². The molecule has 0 aromatic heterocycles. The number of aliphatic imine (C=N–C) groups is 2. The van der Waals surface area contributed by atoms with Crippen LogP contribution in [0.15, 0.2) is 70.6 Å². The molecule has 2 fully saturated rings. The molecule has 4 atom stereocenters. The van der Waals surface area contributed by atoms with E-state index in [9.17, 15) is 0 Å². The largest absolute Gasteiger partial charge is 0.277 e. The molecule has 3 aliphatic rings. The zero-order chi connectivity index (χ0) is 17.9. The van der Waals surface area contributed by atoms with Gasteiger partial charge in [-0.15, -0.1) is 0 Å². The van der Waals surface area contributed by atoms with Crippen molar-refractivity contribution in [1.82, 2.24) is 0 Å². The van der Waals surface area contributed by atoms with Crippen LogP contribution in [-0.4, -0.2) is 11.4 Å². The monoisotopic (exact) mass is 342 g/mol. The molecule has 0 amide bonds. The van der Waals surface area contributed by atoms with Crippen molar-refractivity contribution in [3.8, 4) is 0 Å². The highest BCUT2D eigenvalue weighted by atomic mass is 15.0. The quantitative estimate of drug-likeness (QED) is 0.657. The van der Waals surface area contributed by atoms with Gasteiger partial charge in [0.15, 0.2) is 0 Å². The van der Waals surface area contributed by atoms with Crippen LogP contribution < -0.4 is 0 Å². The van der Waals surface area contributed by atoms with E-state index in [-0.39, 0.29) is 22.9 Å². The highest BCUT2D eigenvalue weighted by Gasteiger charge is 2.64. The fourth-order valence-corrected chi connectivity index (χ4v) is 5.45. The first-order valence-corrected chi connectivity index (χ1v) is 9.78. The molecule has 1 heterocycles. The molecule has 0 saturated heterocycles. The third-order valence-electron chi connectivity index (χ3n) is 7.45. The molecule has 26 heavy (non-hydrogen) atoms. The second-order valence-corrected chi connectivity index (χ2v) is 8.85. The third kappa shape index (κ3) is 1.99. The van der Waals surface area contributed by atoms with Gasteiger partial charge in [0, 0.05) is 11.3 Å². The predicted molar refractivity (Wildman–Crippen MR) is 108 cm³/mol. The molecule has 2 aliphatic carbocycles. The van der Waals surface area contributed by atoms with Crippen molar-refractivity contribution >= 4 is 11.4 Å². The molecule has 2 aromatic carbocycles. The van der Waals surface area contributed by atoms with Crippen LogP contribution in [0, 0.1) is 16.7 Å². The summed E-state index contributed by atoms with van der Waals surface area (Å²) in [7, 11) is 0. The molecule has 0 radical (unpaired) electrons. The van der Waals surface area contributed by atoms with Crippen LogP contribution in [0.3, 0.4) is 0 Å². The first-order chi connectivity index (χ1) is 12.5. The Kier molecular flexibility index (Phi) is 3.31. The minimum atomic E-state index is 0.0734. The second kappa shape index (κ2) is 5.39. The van der Waals surface area contributed by atoms with Gasteiger partial charge in [0.25, 0.3) is 0 Å². The highest BCUT2D eigenvalue weighted by Crippen LogP contribution is 2.64. The Hall–Kier alpha value is -2.22. The van der Waals surface area contributed by atoms with Gasteiger partial charge in [-0.2, -0.15) is 0 Å². The second-order valence-electron chi connectivity index (χ2n) is 8.85. The lowest BCUT2D eigenvalue weighted by Crippen LogP contribution is -2.36. The maximum atomic E-state index is 5.41. The van der Waals surface area contributed by atoms with Crippen molar-refractivity contribution in [1.29, 1.82) is 0 Å². The summed E-state index contributed by atoms with van der Waals surface area (Å²) in [6.45, 7) is 7.26. The smallest absolute Gasteiger partial charge is 0.102 e. The minimum absolute atomic E-state index is 0.0734. The van der Waals surface area contributed by atoms with E-state index in [0.29, 0.717) is 5.92 Å². The SMILES string of the molecule is CC1(C)[C@@H]2CC[C@@]1(C)C1=NC(c3ccccc3)C(c3ccccc3)N=C12. The zero-order valence-electron chi connectivity index (χ0n) is 15.8. The van der Waals surface area contributed by atoms with E-state index in [1.165, 1.54) is 35.4 Å². The lowest BCUT2D eigenvalue weighted by atomic mass is 9.70. The van der Waals surface area contributed by atoms with Gasteiger partial charge in [0.05, 0.1) is 11.4 Å². The summed E-state index contributed by atoms with van der Waals surface area (Å²) in [6, 6.07) is 21.6. The predicted octanol–water partition coefficient (Wildman–Crippen LogP) is 5.82. The van der Waals surface area contributed by atoms with E-state index >= 15 is 0 Å². The van der Waals surface area contributed by atoms with Crippen molar-refractivity contribution < 1.29 is 0 Å². The number of hydrogen-bond acceptors (Lipinski definition) is 2. The Morgan fingerprint density at radius 2 is 1.31 bits per heavy atom. The van der Waals surface area contributed by atoms with E-state index in [1.807, 2.05) is 0 Å². The van der Waals surface area contributed by atoms with Crippen molar-refractivity contribution in [2.45, 2.75) is 45.7 Å². The topological polar surface area (TPSA) is 24.7 Å². The maximum Gasteiger partial charge on any atom is 0.102 e. The van der Waals surface area contributed by atoms with Crippen LogP contribution in [0.2, 0.25) is 0 Å². The Bertz CT molecular complexity index is 894. The van der Waals surface area contributed by atoms with Gasteiger partial charge in [-0.25, -0.2) is 0 Å². The molecule has 2 saturated carbocycles. The molecule has 2 heteroatoms. The van der Waals surface area contributed by atoms with E-state index in [4.69, 9.17) is 9.98 Å². The van der Waals surface area contributed by atoms with E-state index < -0.39 is 0 Å². The summed E-state index contributed by atoms with van der Waals surface area (Å²) < 4.78 is 0. The average molecular weight is 342 g/mol. The molecule has 2 aromatic rings. The molecule has 2 nitrogen and oxygen atoms in total. The summed E-state index contributed by atoms with van der Waals surface area (Å²) in [5.41, 5.74) is 5.52. The number of rotatable bonds is 2. The molecule has 132 valence electrons. The Morgan fingerprint density at radius 1 is 0.769 bits per heavy atom. The number of nitrogens with zero attached hydrogens (tertiary/aromatic N) is 2. The molecule has 0 N–H and O–H groups in total. The van der Waals surface area contributed by atoms with Crippen LogP contribution >= 0.6 is 0 Å². The van der Waals surface area contributed by atoms with E-state index in [2.05, 4.69) is 81.4 Å². The lowest BCUT2D eigenvalue weighted by Gasteiger charge is -2.36. The zero-order valence-corrected chi connectivity index (χ0v) is 15.8. The van der Waals surface area contributed by atoms with E-state index in [0.717, 1.165) is 0 Å². The van der Waals surface area contributed by atoms with Crippen LogP contribution in [0.4, 0.5) is 0 Å². The molecule has 2 bridgehead atoms. The van der Waals surface area contributed by atoms with Crippen molar-refractivity contribution in [3.05, 3.63) is 71.8 Å². The Labute approximate surface area is 156 Å². The molecule has 5 rings (SSSR count). The Balaban J connectivity index is 1.69. The molecule has 2 unspecified atom stereocenters. The van der Waals surface area contributed by atoms with Gasteiger partial charge >= 0.3 is 0 Å². The van der Waals surface area contributed by atoms with Gasteiger partial charge in [-0.1, -0.05) is 81.4 Å². The summed E-state index contributed by atoms with van der Waals surface area (Å²) in [5.74, 6) is 0.550. The van der Waals surface area contributed by atoms with Gasteiger partial charge < -0.3 is 0 Å². The summed E-state index contributed by atoms with van der Waals surface area (Å²) in [4.78, 5) is 10.8. The standard InChI is InChI=1S/C24H26N2/c1-23(2)18-14-15-24(23,3)22-21(18)25-19(16-10-6-4-7-11-16)20(26-22)17-12-8-5-9-13-17/h4-13,18-20H,14-15H2,1-3H3/t18-,19?,20?,24+/m1/s1. The third-order valence-corrected chi connectivity index (χ3v) is 7.45. The Morgan fingerprint density at radius 3 is 1.88 bits per heavy atom. The fourth-order valence-electron chi connectivity index (χ4n) is 5.45. The molecule has 1 aliphatic heterocycles. The molecular formula is C24H26N2. The van der Waals surface area contributed by atoms with Crippen LogP contribution in [0.5, 0.6) is 0 Å². The lowest BCUT2D eigenvalue weighted by molar-refractivity contribution is 0.208. The van der Waals surface area contributed by atoms with Crippen molar-refractivity contribution in [3.63, 3.8) is 0 Å². The first-order valence-electron chi connectivity index (χ1n) is 9.78. The van der Waals surface area contributed by atoms with Gasteiger partial charge in [0.2, 0.25) is 0 Å². The first kappa shape index (κ1) is 16.0. The number of fused-ring (bicyclic) bond motifs is 5. The van der Waals surface area contributed by atoms with Crippen LogP contribution in [0.1, 0.15) is 56.8 Å². The van der Waals surface area contributed by atoms with Crippen molar-refractivity contribution in [2.24, 2.45) is 26.7 Å². The van der Waals surface area contributed by atoms with Gasteiger partial charge in [-0.3, -0.25) is 9.98 Å². The minimum Gasteiger partial charge on any atom is -0.277 e.